The molecule has 4 rings (SSSR count). The van der Waals surface area contributed by atoms with E-state index in [-0.39, 0.29) is 11.7 Å². The largest absolute Gasteiger partial charge is 0.304 e. The summed E-state index contributed by atoms with van der Waals surface area (Å²) in [5, 5.41) is 14.3. The first-order valence-electron chi connectivity index (χ1n) is 9.13. The van der Waals surface area contributed by atoms with Crippen LogP contribution in [-0.4, -0.2) is 41.4 Å². The molecule has 0 fully saturated rings. The third-order valence-electron chi connectivity index (χ3n) is 4.51. The van der Waals surface area contributed by atoms with Crippen molar-refractivity contribution in [1.29, 1.82) is 0 Å². The zero-order valence-corrected chi connectivity index (χ0v) is 18.3. The topological polar surface area (TPSA) is 98.5 Å². The van der Waals surface area contributed by atoms with Gasteiger partial charge in [0, 0.05) is 30.4 Å². The predicted octanol–water partition coefficient (Wildman–Crippen LogP) is 3.74. The number of hydrogen-bond acceptors (Lipinski definition) is 8. The fourth-order valence-electron chi connectivity index (χ4n) is 2.73. The Labute approximate surface area is 181 Å². The molecule has 3 heterocycles. The Morgan fingerprint density at radius 2 is 2.03 bits per heavy atom. The summed E-state index contributed by atoms with van der Waals surface area (Å²) in [6.45, 7) is 4.16. The van der Waals surface area contributed by atoms with Gasteiger partial charge in [-0.1, -0.05) is 23.9 Å². The molecule has 8 nitrogen and oxygen atoms in total. The standard InChI is InChI=1S/C20H19N7OS2/c1-12-4-5-14(8-13(12)2)16-10-29-19(23-16)24-17(28)11-30-20-26-25-18(27(20)3)15-9-21-6-7-22-15/h4-10H,11H2,1-3H3,(H,23,24,28). The normalized spacial score (nSPS) is 10.9. The molecule has 3 aromatic heterocycles. The van der Waals surface area contributed by atoms with Crippen molar-refractivity contribution < 1.29 is 4.79 Å². The van der Waals surface area contributed by atoms with Crippen molar-refractivity contribution >= 4 is 34.1 Å². The number of carbonyl (C=O) groups excluding carboxylic acids is 1. The van der Waals surface area contributed by atoms with E-state index in [2.05, 4.69) is 56.4 Å². The molecule has 1 amide bonds. The molecular formula is C20H19N7OS2. The Balaban J connectivity index is 1.37. The maximum atomic E-state index is 12.4. The van der Waals surface area contributed by atoms with Gasteiger partial charge in [-0.05, 0) is 31.0 Å². The fourth-order valence-corrected chi connectivity index (χ4v) is 4.18. The van der Waals surface area contributed by atoms with Crippen molar-refractivity contribution in [3.63, 3.8) is 0 Å². The lowest BCUT2D eigenvalue weighted by Crippen LogP contribution is -2.14. The Hall–Kier alpha value is -3.11. The molecule has 30 heavy (non-hydrogen) atoms. The quantitative estimate of drug-likeness (QED) is 0.459. The van der Waals surface area contributed by atoms with Gasteiger partial charge in [0.1, 0.15) is 5.69 Å². The zero-order chi connectivity index (χ0) is 21.1. The van der Waals surface area contributed by atoms with Crippen molar-refractivity contribution in [2.45, 2.75) is 19.0 Å². The number of thioether (sulfide) groups is 1. The predicted molar refractivity (Wildman–Crippen MR) is 118 cm³/mol. The minimum absolute atomic E-state index is 0.148. The van der Waals surface area contributed by atoms with Crippen LogP contribution in [0.2, 0.25) is 0 Å². The van der Waals surface area contributed by atoms with Crippen LogP contribution in [0.3, 0.4) is 0 Å². The maximum absolute atomic E-state index is 12.4. The van der Waals surface area contributed by atoms with E-state index in [9.17, 15) is 4.79 Å². The van der Waals surface area contributed by atoms with E-state index >= 15 is 0 Å². The number of aromatic nitrogens is 6. The van der Waals surface area contributed by atoms with E-state index in [1.54, 1.807) is 23.2 Å². The molecular weight excluding hydrogens is 418 g/mol. The number of hydrogen-bond donors (Lipinski definition) is 1. The molecule has 0 saturated heterocycles. The van der Waals surface area contributed by atoms with E-state index < -0.39 is 0 Å². The smallest absolute Gasteiger partial charge is 0.236 e. The van der Waals surface area contributed by atoms with Crippen molar-refractivity contribution in [1.82, 2.24) is 29.7 Å². The molecule has 0 spiro atoms. The monoisotopic (exact) mass is 437 g/mol. The molecule has 4 aromatic rings. The second-order valence-corrected chi connectivity index (χ2v) is 8.43. The van der Waals surface area contributed by atoms with Crippen LogP contribution in [0.5, 0.6) is 0 Å². The molecule has 0 aliphatic heterocycles. The zero-order valence-electron chi connectivity index (χ0n) is 16.7. The molecule has 10 heteroatoms. The highest BCUT2D eigenvalue weighted by molar-refractivity contribution is 7.99. The first-order valence-corrected chi connectivity index (χ1v) is 11.0. The molecule has 0 aliphatic rings. The van der Waals surface area contributed by atoms with Gasteiger partial charge in [-0.2, -0.15) is 0 Å². The highest BCUT2D eigenvalue weighted by Crippen LogP contribution is 2.27. The van der Waals surface area contributed by atoms with Gasteiger partial charge >= 0.3 is 0 Å². The van der Waals surface area contributed by atoms with Crippen LogP contribution in [0.15, 0.2) is 47.3 Å². The fraction of sp³-hybridized carbons (Fsp3) is 0.200. The summed E-state index contributed by atoms with van der Waals surface area (Å²) in [7, 11) is 1.83. The maximum Gasteiger partial charge on any atom is 0.236 e. The van der Waals surface area contributed by atoms with E-state index in [4.69, 9.17) is 0 Å². The molecule has 0 saturated carbocycles. The molecule has 0 unspecified atom stereocenters. The van der Waals surface area contributed by atoms with Gasteiger partial charge in [0.05, 0.1) is 17.6 Å². The number of thiazole rings is 1. The van der Waals surface area contributed by atoms with Gasteiger partial charge in [0.15, 0.2) is 16.1 Å². The Kier molecular flexibility index (Phi) is 5.86. The summed E-state index contributed by atoms with van der Waals surface area (Å²) in [5.74, 6) is 0.652. The average molecular weight is 438 g/mol. The number of aryl methyl sites for hydroxylation is 2. The number of amides is 1. The molecule has 0 radical (unpaired) electrons. The number of carbonyl (C=O) groups is 1. The first-order chi connectivity index (χ1) is 14.5. The minimum Gasteiger partial charge on any atom is -0.304 e. The molecule has 0 atom stereocenters. The summed E-state index contributed by atoms with van der Waals surface area (Å²) in [6, 6.07) is 6.23. The lowest BCUT2D eigenvalue weighted by atomic mass is 10.1. The molecule has 1 aromatic carbocycles. The van der Waals surface area contributed by atoms with Gasteiger partial charge in [0.25, 0.3) is 0 Å². The second-order valence-electron chi connectivity index (χ2n) is 6.63. The van der Waals surface area contributed by atoms with Crippen molar-refractivity contribution in [3.8, 4) is 22.8 Å². The molecule has 152 valence electrons. The highest BCUT2D eigenvalue weighted by Gasteiger charge is 2.15. The third-order valence-corrected chi connectivity index (χ3v) is 6.29. The Morgan fingerprint density at radius 3 is 2.80 bits per heavy atom. The SMILES string of the molecule is Cc1ccc(-c2csc(NC(=O)CSc3nnc(-c4cnccn4)n3C)n2)cc1C. The van der Waals surface area contributed by atoms with Crippen molar-refractivity contribution in [2.24, 2.45) is 7.05 Å². The van der Waals surface area contributed by atoms with Crippen LogP contribution in [0.4, 0.5) is 5.13 Å². The molecule has 0 aliphatic carbocycles. The summed E-state index contributed by atoms with van der Waals surface area (Å²) in [5.41, 5.74) is 4.98. The first kappa shape index (κ1) is 20.2. The summed E-state index contributed by atoms with van der Waals surface area (Å²) in [6.07, 6.45) is 4.83. The van der Waals surface area contributed by atoms with Crippen molar-refractivity contribution in [3.05, 3.63) is 53.3 Å². The summed E-state index contributed by atoms with van der Waals surface area (Å²) >= 11 is 2.71. The van der Waals surface area contributed by atoms with Crippen molar-refractivity contribution in [2.75, 3.05) is 11.1 Å². The summed E-state index contributed by atoms with van der Waals surface area (Å²) in [4.78, 5) is 25.2. The molecule has 1 N–H and O–H groups in total. The number of rotatable bonds is 6. The second kappa shape index (κ2) is 8.72. The van der Waals surface area contributed by atoms with Gasteiger partial charge < -0.3 is 9.88 Å². The Bertz CT molecular complexity index is 1190. The van der Waals surface area contributed by atoms with Crippen LogP contribution in [0, 0.1) is 13.8 Å². The van der Waals surface area contributed by atoms with Crippen LogP contribution in [-0.2, 0) is 11.8 Å². The van der Waals surface area contributed by atoms with E-state index in [0.717, 1.165) is 11.3 Å². The lowest BCUT2D eigenvalue weighted by molar-refractivity contribution is -0.113. The number of nitrogens with zero attached hydrogens (tertiary/aromatic N) is 6. The van der Waals surface area contributed by atoms with E-state index in [1.165, 1.54) is 34.2 Å². The minimum atomic E-state index is -0.148. The van der Waals surface area contributed by atoms with E-state index in [0.29, 0.717) is 21.8 Å². The van der Waals surface area contributed by atoms with Gasteiger partial charge in [-0.3, -0.25) is 9.78 Å². The van der Waals surface area contributed by atoms with Crippen LogP contribution in [0.25, 0.3) is 22.8 Å². The Morgan fingerprint density at radius 1 is 1.17 bits per heavy atom. The van der Waals surface area contributed by atoms with Crippen LogP contribution < -0.4 is 5.32 Å². The van der Waals surface area contributed by atoms with Crippen LogP contribution >= 0.6 is 23.1 Å². The van der Waals surface area contributed by atoms with Gasteiger partial charge in [0.2, 0.25) is 5.91 Å². The van der Waals surface area contributed by atoms with Crippen LogP contribution in [0.1, 0.15) is 11.1 Å². The van der Waals surface area contributed by atoms with Gasteiger partial charge in [-0.15, -0.1) is 21.5 Å². The number of nitrogens with one attached hydrogen (secondary N) is 1. The van der Waals surface area contributed by atoms with Gasteiger partial charge in [-0.25, -0.2) is 9.97 Å². The average Bonchev–Trinajstić information content (AvgIpc) is 3.36. The third kappa shape index (κ3) is 4.39. The lowest BCUT2D eigenvalue weighted by Gasteiger charge is -2.04. The van der Waals surface area contributed by atoms with E-state index in [1.807, 2.05) is 18.5 Å². The summed E-state index contributed by atoms with van der Waals surface area (Å²) < 4.78 is 1.79. The number of anilines is 1. The highest BCUT2D eigenvalue weighted by atomic mass is 32.2. The molecule has 0 bridgehead atoms. The number of benzene rings is 1.